The van der Waals surface area contributed by atoms with E-state index >= 15 is 0 Å². The zero-order valence-electron chi connectivity index (χ0n) is 12.8. The quantitative estimate of drug-likeness (QED) is 0.702. The first-order chi connectivity index (χ1) is 9.35. The molecule has 0 aliphatic rings. The van der Waals surface area contributed by atoms with Crippen LogP contribution in [0.15, 0.2) is 47.0 Å². The fourth-order valence-electron chi connectivity index (χ4n) is 2.12. The number of nitrogens with zero attached hydrogens (tertiary/aromatic N) is 2. The van der Waals surface area contributed by atoms with Crippen molar-refractivity contribution in [3.05, 3.63) is 59.4 Å². The zero-order chi connectivity index (χ0) is 14.8. The predicted octanol–water partition coefficient (Wildman–Crippen LogP) is 0.00234. The van der Waals surface area contributed by atoms with E-state index in [2.05, 4.69) is 27.3 Å². The third-order valence-electron chi connectivity index (χ3n) is 3.04. The number of pyridine rings is 1. The van der Waals surface area contributed by atoms with Crippen LogP contribution >= 0.6 is 0 Å². The fourth-order valence-corrected chi connectivity index (χ4v) is 2.78. The average Bonchev–Trinajstić information content (AvgIpc) is 2.34. The molecule has 0 atom stereocenters. The molecule has 2 aromatic rings. The van der Waals surface area contributed by atoms with Crippen molar-refractivity contribution in [2.75, 3.05) is 12.5 Å². The van der Waals surface area contributed by atoms with Crippen molar-refractivity contribution >= 4 is 15.4 Å². The normalized spacial score (nSPS) is 10.9. The summed E-state index contributed by atoms with van der Waals surface area (Å²) in [6, 6.07) is 12.3. The van der Waals surface area contributed by atoms with Crippen LogP contribution < -0.4 is 21.5 Å². The van der Waals surface area contributed by atoms with Crippen LogP contribution in [0, 0.1) is 13.8 Å². The van der Waals surface area contributed by atoms with E-state index in [1.54, 1.807) is 12.5 Å². The monoisotopic (exact) mass is 368 g/mol. The van der Waals surface area contributed by atoms with Crippen LogP contribution in [0.1, 0.15) is 16.8 Å². The summed E-state index contributed by atoms with van der Waals surface area (Å²) in [5, 5.41) is 0. The van der Waals surface area contributed by atoms with Gasteiger partial charge in [-0.1, -0.05) is 30.3 Å². The minimum atomic E-state index is -2.14. The molecule has 0 fully saturated rings. The van der Waals surface area contributed by atoms with E-state index in [1.165, 1.54) is 5.56 Å². The SMILES string of the molecule is Cc1cc(N=S(C)(C)=O)c(C)[n+](Cc2ccccc2)c1.[Br-]. The Morgan fingerprint density at radius 1 is 1.14 bits per heavy atom. The van der Waals surface area contributed by atoms with Crippen LogP contribution in [0.4, 0.5) is 5.69 Å². The summed E-state index contributed by atoms with van der Waals surface area (Å²) in [4.78, 5) is 0. The van der Waals surface area contributed by atoms with Crippen molar-refractivity contribution in [2.45, 2.75) is 20.4 Å². The molecule has 1 heterocycles. The Morgan fingerprint density at radius 3 is 2.33 bits per heavy atom. The van der Waals surface area contributed by atoms with Gasteiger partial charge in [0.15, 0.2) is 12.7 Å². The number of hydrogen-bond acceptors (Lipinski definition) is 2. The lowest BCUT2D eigenvalue weighted by Crippen LogP contribution is -3.00. The van der Waals surface area contributed by atoms with Gasteiger partial charge in [-0.3, -0.25) is 0 Å². The second kappa shape index (κ2) is 7.18. The van der Waals surface area contributed by atoms with Gasteiger partial charge >= 0.3 is 0 Å². The first kappa shape index (κ1) is 17.9. The van der Waals surface area contributed by atoms with Gasteiger partial charge in [0.2, 0.25) is 5.69 Å². The molecule has 0 aliphatic carbocycles. The van der Waals surface area contributed by atoms with Gasteiger partial charge in [-0.05, 0) is 13.0 Å². The number of halogens is 1. The van der Waals surface area contributed by atoms with Crippen LogP contribution in [0.2, 0.25) is 0 Å². The molecule has 1 aromatic carbocycles. The second-order valence-electron chi connectivity index (χ2n) is 5.37. The number of rotatable bonds is 3. The van der Waals surface area contributed by atoms with Gasteiger partial charge in [-0.2, -0.15) is 8.93 Å². The highest BCUT2D eigenvalue weighted by Crippen LogP contribution is 2.18. The van der Waals surface area contributed by atoms with E-state index in [0.29, 0.717) is 0 Å². The molecule has 0 spiro atoms. The molecule has 0 aliphatic heterocycles. The van der Waals surface area contributed by atoms with Crippen LogP contribution in [0.25, 0.3) is 0 Å². The maximum absolute atomic E-state index is 11.9. The van der Waals surface area contributed by atoms with Crippen LogP contribution in [-0.4, -0.2) is 16.7 Å². The molecule has 5 heteroatoms. The fraction of sp³-hybridized carbons (Fsp3) is 0.312. The lowest BCUT2D eigenvalue weighted by Gasteiger charge is -2.06. The number of benzene rings is 1. The highest BCUT2D eigenvalue weighted by molar-refractivity contribution is 7.92. The van der Waals surface area contributed by atoms with E-state index < -0.39 is 9.73 Å². The van der Waals surface area contributed by atoms with Gasteiger partial charge in [0.25, 0.3) is 0 Å². The van der Waals surface area contributed by atoms with Gasteiger partial charge in [0.05, 0.1) is 0 Å². The standard InChI is InChI=1S/C16H21N2OS.BrH/c1-13-10-16(17-20(3,4)19)14(2)18(11-13)12-15-8-6-5-7-9-15;/h5-11H,12H2,1-4H3;1H/q+1;/p-1. The van der Waals surface area contributed by atoms with E-state index in [0.717, 1.165) is 23.5 Å². The maximum atomic E-state index is 11.9. The molecule has 21 heavy (non-hydrogen) atoms. The Labute approximate surface area is 138 Å². The molecular formula is C16H21BrN2OS. The van der Waals surface area contributed by atoms with Crippen molar-refractivity contribution in [1.29, 1.82) is 0 Å². The summed E-state index contributed by atoms with van der Waals surface area (Å²) in [7, 11) is -2.14. The van der Waals surface area contributed by atoms with Crippen molar-refractivity contribution in [2.24, 2.45) is 4.36 Å². The van der Waals surface area contributed by atoms with Gasteiger partial charge in [0, 0.05) is 40.3 Å². The highest BCUT2D eigenvalue weighted by Gasteiger charge is 2.14. The Balaban J connectivity index is 0.00000220. The Kier molecular flexibility index (Phi) is 6.10. The highest BCUT2D eigenvalue weighted by atomic mass is 79.9. The van der Waals surface area contributed by atoms with Crippen LogP contribution in [-0.2, 0) is 16.3 Å². The molecule has 0 unspecified atom stereocenters. The summed E-state index contributed by atoms with van der Waals surface area (Å²) < 4.78 is 18.4. The summed E-state index contributed by atoms with van der Waals surface area (Å²) in [5.74, 6) is 0. The van der Waals surface area contributed by atoms with E-state index in [9.17, 15) is 4.21 Å². The van der Waals surface area contributed by atoms with Gasteiger partial charge in [-0.25, -0.2) is 4.21 Å². The molecule has 3 nitrogen and oxygen atoms in total. The molecule has 0 N–H and O–H groups in total. The predicted molar refractivity (Wildman–Crippen MR) is 83.7 cm³/mol. The van der Waals surface area contributed by atoms with E-state index in [1.807, 2.05) is 38.1 Å². The van der Waals surface area contributed by atoms with Crippen LogP contribution in [0.3, 0.4) is 0 Å². The Bertz CT molecular complexity index is 727. The van der Waals surface area contributed by atoms with Crippen molar-refractivity contribution < 1.29 is 25.8 Å². The molecule has 0 bridgehead atoms. The minimum Gasteiger partial charge on any atom is -1.00 e. The zero-order valence-corrected chi connectivity index (χ0v) is 15.2. The number of hydrogen-bond donors (Lipinski definition) is 0. The maximum Gasteiger partial charge on any atom is 0.205 e. The number of aromatic nitrogens is 1. The third-order valence-corrected chi connectivity index (χ3v) is 3.68. The van der Waals surface area contributed by atoms with E-state index in [4.69, 9.17) is 0 Å². The topological polar surface area (TPSA) is 33.3 Å². The Hall–Kier alpha value is -1.20. The molecule has 0 saturated carbocycles. The van der Waals surface area contributed by atoms with E-state index in [-0.39, 0.29) is 17.0 Å². The lowest BCUT2D eigenvalue weighted by atomic mass is 10.2. The average molecular weight is 369 g/mol. The second-order valence-corrected chi connectivity index (χ2v) is 7.92. The number of aryl methyl sites for hydroxylation is 1. The molecular weight excluding hydrogens is 348 g/mol. The first-order valence-corrected chi connectivity index (χ1v) is 8.90. The molecule has 2 rings (SSSR count). The van der Waals surface area contributed by atoms with Gasteiger partial charge in [0.1, 0.15) is 5.69 Å². The van der Waals surface area contributed by atoms with Gasteiger partial charge < -0.3 is 17.0 Å². The summed E-state index contributed by atoms with van der Waals surface area (Å²) in [6.07, 6.45) is 5.43. The smallest absolute Gasteiger partial charge is 0.205 e. The molecule has 1 aromatic heterocycles. The van der Waals surface area contributed by atoms with Crippen molar-refractivity contribution in [3.8, 4) is 0 Å². The van der Waals surface area contributed by atoms with Crippen LogP contribution in [0.5, 0.6) is 0 Å². The largest absolute Gasteiger partial charge is 1.00 e. The van der Waals surface area contributed by atoms with Gasteiger partial charge in [-0.15, -0.1) is 0 Å². The van der Waals surface area contributed by atoms with Crippen molar-refractivity contribution in [3.63, 3.8) is 0 Å². The summed E-state index contributed by atoms with van der Waals surface area (Å²) in [5.41, 5.74) is 4.21. The molecule has 0 saturated heterocycles. The molecule has 114 valence electrons. The Morgan fingerprint density at radius 2 is 1.76 bits per heavy atom. The third kappa shape index (κ3) is 5.25. The van der Waals surface area contributed by atoms with Crippen molar-refractivity contribution in [1.82, 2.24) is 0 Å². The minimum absolute atomic E-state index is 0. The molecule has 0 amide bonds. The lowest BCUT2D eigenvalue weighted by molar-refractivity contribution is -0.694. The molecule has 0 radical (unpaired) electrons. The first-order valence-electron chi connectivity index (χ1n) is 6.57. The summed E-state index contributed by atoms with van der Waals surface area (Å²) in [6.45, 7) is 4.85. The summed E-state index contributed by atoms with van der Waals surface area (Å²) >= 11 is 0.